The number of hydrogen-bond acceptors (Lipinski definition) is 4. The van der Waals surface area contributed by atoms with E-state index >= 15 is 0 Å². The average Bonchev–Trinajstić information content (AvgIpc) is 2.53. The van der Waals surface area contributed by atoms with Crippen LogP contribution < -0.4 is 20.5 Å². The van der Waals surface area contributed by atoms with Gasteiger partial charge in [-0.25, -0.2) is 0 Å². The third kappa shape index (κ3) is 4.49. The normalized spacial score (nSPS) is 11.6. The number of methoxy groups -OCH3 is 1. The van der Waals surface area contributed by atoms with Crippen molar-refractivity contribution in [2.45, 2.75) is 13.0 Å². The van der Waals surface area contributed by atoms with Crippen LogP contribution in [0.4, 0.5) is 5.69 Å². The largest absolute Gasteiger partial charge is 0.497 e. The SMILES string of the molecule is COc1cccc(NC(=O)COc2cccc(C(C)N)c2)c1. The summed E-state index contributed by atoms with van der Waals surface area (Å²) in [7, 11) is 1.58. The predicted octanol–water partition coefficient (Wildman–Crippen LogP) is 2.73. The summed E-state index contributed by atoms with van der Waals surface area (Å²) in [6.45, 7) is 1.83. The topological polar surface area (TPSA) is 73.6 Å². The van der Waals surface area contributed by atoms with Crippen molar-refractivity contribution in [3.63, 3.8) is 0 Å². The van der Waals surface area contributed by atoms with Gasteiger partial charge < -0.3 is 20.5 Å². The lowest BCUT2D eigenvalue weighted by molar-refractivity contribution is -0.118. The van der Waals surface area contributed by atoms with Gasteiger partial charge in [-0.1, -0.05) is 18.2 Å². The van der Waals surface area contributed by atoms with E-state index in [1.165, 1.54) is 0 Å². The Kier molecular flexibility index (Phi) is 5.38. The molecule has 0 heterocycles. The van der Waals surface area contributed by atoms with Gasteiger partial charge in [-0.2, -0.15) is 0 Å². The molecule has 0 radical (unpaired) electrons. The fraction of sp³-hybridized carbons (Fsp3) is 0.235. The van der Waals surface area contributed by atoms with Crippen molar-refractivity contribution in [3.8, 4) is 11.5 Å². The Bertz CT molecular complexity index is 641. The Labute approximate surface area is 130 Å². The first-order chi connectivity index (χ1) is 10.6. The molecule has 0 aliphatic carbocycles. The van der Waals surface area contributed by atoms with Crippen LogP contribution in [0.2, 0.25) is 0 Å². The molecule has 0 aliphatic heterocycles. The van der Waals surface area contributed by atoms with Crippen molar-refractivity contribution in [2.24, 2.45) is 5.73 Å². The van der Waals surface area contributed by atoms with Crippen LogP contribution in [0.1, 0.15) is 18.5 Å². The van der Waals surface area contributed by atoms with Crippen molar-refractivity contribution in [3.05, 3.63) is 54.1 Å². The lowest BCUT2D eigenvalue weighted by Gasteiger charge is -2.10. The smallest absolute Gasteiger partial charge is 0.262 e. The van der Waals surface area contributed by atoms with E-state index in [1.807, 2.05) is 31.2 Å². The molecule has 0 saturated heterocycles. The molecule has 0 spiro atoms. The summed E-state index contributed by atoms with van der Waals surface area (Å²) in [5, 5.41) is 2.76. The molecule has 2 rings (SSSR count). The van der Waals surface area contributed by atoms with Crippen LogP contribution in [0.5, 0.6) is 11.5 Å². The first-order valence-corrected chi connectivity index (χ1v) is 7.00. The van der Waals surface area contributed by atoms with E-state index < -0.39 is 0 Å². The molecule has 1 amide bonds. The van der Waals surface area contributed by atoms with Gasteiger partial charge in [0, 0.05) is 17.8 Å². The second-order valence-electron chi connectivity index (χ2n) is 4.93. The van der Waals surface area contributed by atoms with Gasteiger partial charge in [-0.3, -0.25) is 4.79 Å². The molecule has 5 heteroatoms. The Balaban J connectivity index is 1.91. The third-order valence-electron chi connectivity index (χ3n) is 3.11. The number of anilines is 1. The second-order valence-corrected chi connectivity index (χ2v) is 4.93. The van der Waals surface area contributed by atoms with Gasteiger partial charge >= 0.3 is 0 Å². The molecule has 0 saturated carbocycles. The van der Waals surface area contributed by atoms with Gasteiger partial charge in [-0.05, 0) is 36.8 Å². The van der Waals surface area contributed by atoms with Gasteiger partial charge in [0.1, 0.15) is 11.5 Å². The highest BCUT2D eigenvalue weighted by Crippen LogP contribution is 2.18. The van der Waals surface area contributed by atoms with Crippen LogP contribution in [0.3, 0.4) is 0 Å². The van der Waals surface area contributed by atoms with Gasteiger partial charge in [0.05, 0.1) is 7.11 Å². The van der Waals surface area contributed by atoms with Gasteiger partial charge in [0.2, 0.25) is 0 Å². The highest BCUT2D eigenvalue weighted by atomic mass is 16.5. The summed E-state index contributed by atoms with van der Waals surface area (Å²) in [6, 6.07) is 14.5. The number of carbonyl (C=O) groups is 1. The monoisotopic (exact) mass is 300 g/mol. The number of benzene rings is 2. The maximum Gasteiger partial charge on any atom is 0.262 e. The molecular formula is C17H20N2O3. The van der Waals surface area contributed by atoms with Gasteiger partial charge in [0.25, 0.3) is 5.91 Å². The molecule has 22 heavy (non-hydrogen) atoms. The van der Waals surface area contributed by atoms with Crippen LogP contribution in [0, 0.1) is 0 Å². The zero-order valence-electron chi connectivity index (χ0n) is 12.7. The van der Waals surface area contributed by atoms with Gasteiger partial charge in [0.15, 0.2) is 6.61 Å². The van der Waals surface area contributed by atoms with E-state index in [4.69, 9.17) is 15.2 Å². The maximum absolute atomic E-state index is 11.9. The number of nitrogens with one attached hydrogen (secondary N) is 1. The first-order valence-electron chi connectivity index (χ1n) is 7.00. The molecule has 1 unspecified atom stereocenters. The fourth-order valence-electron chi connectivity index (χ4n) is 1.93. The molecule has 116 valence electrons. The Morgan fingerprint density at radius 1 is 1.18 bits per heavy atom. The summed E-state index contributed by atoms with van der Waals surface area (Å²) in [4.78, 5) is 11.9. The molecule has 2 aromatic rings. The molecular weight excluding hydrogens is 280 g/mol. The third-order valence-corrected chi connectivity index (χ3v) is 3.11. The van der Waals surface area contributed by atoms with E-state index in [2.05, 4.69) is 5.32 Å². The van der Waals surface area contributed by atoms with Crippen molar-refractivity contribution >= 4 is 11.6 Å². The second kappa shape index (κ2) is 7.47. The standard InChI is InChI=1S/C17H20N2O3/c1-12(18)13-5-3-8-16(9-13)22-11-17(20)19-14-6-4-7-15(10-14)21-2/h3-10,12H,11,18H2,1-2H3,(H,19,20). The van der Waals surface area contributed by atoms with Crippen molar-refractivity contribution in [2.75, 3.05) is 19.0 Å². The van der Waals surface area contributed by atoms with Crippen molar-refractivity contribution in [1.29, 1.82) is 0 Å². The average molecular weight is 300 g/mol. The van der Waals surface area contributed by atoms with Crippen molar-refractivity contribution in [1.82, 2.24) is 0 Å². The maximum atomic E-state index is 11.9. The number of carbonyl (C=O) groups excluding carboxylic acids is 1. The zero-order chi connectivity index (χ0) is 15.9. The van der Waals surface area contributed by atoms with E-state index in [1.54, 1.807) is 31.4 Å². The van der Waals surface area contributed by atoms with Crippen LogP contribution in [-0.4, -0.2) is 19.6 Å². The van der Waals surface area contributed by atoms with Crippen molar-refractivity contribution < 1.29 is 14.3 Å². The van der Waals surface area contributed by atoms with Crippen LogP contribution in [0.15, 0.2) is 48.5 Å². The molecule has 5 nitrogen and oxygen atoms in total. The molecule has 0 aliphatic rings. The van der Waals surface area contributed by atoms with Crippen LogP contribution in [-0.2, 0) is 4.79 Å². The number of hydrogen-bond donors (Lipinski definition) is 2. The summed E-state index contributed by atoms with van der Waals surface area (Å²) in [6.07, 6.45) is 0. The van der Waals surface area contributed by atoms with Gasteiger partial charge in [-0.15, -0.1) is 0 Å². The molecule has 0 aromatic heterocycles. The minimum atomic E-state index is -0.237. The predicted molar refractivity (Wildman–Crippen MR) is 86.2 cm³/mol. The molecule has 0 bridgehead atoms. The molecule has 3 N–H and O–H groups in total. The zero-order valence-corrected chi connectivity index (χ0v) is 12.7. The first kappa shape index (κ1) is 15.9. The van der Waals surface area contributed by atoms with E-state index in [0.717, 1.165) is 5.56 Å². The number of ether oxygens (including phenoxy) is 2. The van der Waals surface area contributed by atoms with E-state index in [9.17, 15) is 4.79 Å². The van der Waals surface area contributed by atoms with E-state index in [-0.39, 0.29) is 18.6 Å². The highest BCUT2D eigenvalue weighted by Gasteiger charge is 2.06. The van der Waals surface area contributed by atoms with Crippen LogP contribution >= 0.6 is 0 Å². The number of amides is 1. The van der Waals surface area contributed by atoms with Crippen LogP contribution in [0.25, 0.3) is 0 Å². The number of nitrogens with two attached hydrogens (primary N) is 1. The summed E-state index contributed by atoms with van der Waals surface area (Å²) < 4.78 is 10.6. The molecule has 2 aromatic carbocycles. The van der Waals surface area contributed by atoms with E-state index in [0.29, 0.717) is 17.2 Å². The summed E-state index contributed by atoms with van der Waals surface area (Å²) in [5.41, 5.74) is 7.45. The molecule has 0 fully saturated rings. The fourth-order valence-corrected chi connectivity index (χ4v) is 1.93. The molecule has 1 atom stereocenters. The Morgan fingerprint density at radius 2 is 1.91 bits per heavy atom. The lowest BCUT2D eigenvalue weighted by Crippen LogP contribution is -2.20. The minimum Gasteiger partial charge on any atom is -0.497 e. The number of rotatable bonds is 6. The quantitative estimate of drug-likeness (QED) is 0.860. The Morgan fingerprint density at radius 3 is 2.64 bits per heavy atom. The minimum absolute atomic E-state index is 0.0698. The highest BCUT2D eigenvalue weighted by molar-refractivity contribution is 5.92. The lowest BCUT2D eigenvalue weighted by atomic mass is 10.1. The summed E-state index contributed by atoms with van der Waals surface area (Å²) in [5.74, 6) is 1.07. The Hall–Kier alpha value is -2.53. The summed E-state index contributed by atoms with van der Waals surface area (Å²) >= 11 is 0.